The molecule has 0 amide bonds. The Morgan fingerprint density at radius 1 is 1.06 bits per heavy atom. The van der Waals surface area contributed by atoms with Gasteiger partial charge in [-0.05, 0) is 74.3 Å². The fourth-order valence-electron chi connectivity index (χ4n) is 4.19. The topological polar surface area (TPSA) is 77.7 Å². The second-order valence-electron chi connectivity index (χ2n) is 8.82. The third-order valence-electron chi connectivity index (χ3n) is 6.26. The van der Waals surface area contributed by atoms with Crippen LogP contribution in [0, 0.1) is 5.82 Å². The molecule has 0 unspecified atom stereocenters. The quantitative estimate of drug-likeness (QED) is 0.405. The summed E-state index contributed by atoms with van der Waals surface area (Å²) < 4.78 is 47.2. The fraction of sp³-hybridized carbons (Fsp3) is 0.440. The van der Waals surface area contributed by atoms with Crippen LogP contribution in [-0.2, 0) is 16.4 Å². The molecule has 2 heterocycles. The highest BCUT2D eigenvalue weighted by Gasteiger charge is 2.15. The smallest absolute Gasteiger partial charge is 0.240 e. The number of nitrogens with zero attached hydrogens (tertiary/aromatic N) is 2. The van der Waals surface area contributed by atoms with E-state index in [4.69, 9.17) is 4.74 Å². The van der Waals surface area contributed by atoms with Gasteiger partial charge in [0, 0.05) is 56.4 Å². The van der Waals surface area contributed by atoms with E-state index in [1.165, 1.54) is 12.1 Å². The molecule has 1 aliphatic heterocycles. The first-order valence-electron chi connectivity index (χ1n) is 11.8. The van der Waals surface area contributed by atoms with Crippen molar-refractivity contribution in [3.05, 3.63) is 60.0 Å². The summed E-state index contributed by atoms with van der Waals surface area (Å²) in [4.78, 5) is 8.12. The maximum Gasteiger partial charge on any atom is 0.240 e. The molecule has 0 radical (unpaired) electrons. The van der Waals surface area contributed by atoms with Gasteiger partial charge in [0.05, 0.1) is 11.5 Å². The number of benzene rings is 2. The molecule has 184 valence electrons. The number of rotatable bonds is 11. The number of sulfonamides is 1. The predicted molar refractivity (Wildman–Crippen MR) is 132 cm³/mol. The van der Waals surface area contributed by atoms with E-state index >= 15 is 0 Å². The predicted octanol–water partition coefficient (Wildman–Crippen LogP) is 3.23. The summed E-state index contributed by atoms with van der Waals surface area (Å²) in [5.41, 5.74) is 1.85. The molecule has 7 nitrogen and oxygen atoms in total. The lowest BCUT2D eigenvalue weighted by Gasteiger charge is -2.32. The van der Waals surface area contributed by atoms with Gasteiger partial charge in [0.15, 0.2) is 0 Å². The molecule has 0 spiro atoms. The van der Waals surface area contributed by atoms with Gasteiger partial charge < -0.3 is 19.5 Å². The summed E-state index contributed by atoms with van der Waals surface area (Å²) in [7, 11) is -1.45. The number of ether oxygens (including phenoxy) is 1. The number of hydrogen-bond acceptors (Lipinski definition) is 5. The Bertz CT molecular complexity index is 1170. The zero-order valence-corrected chi connectivity index (χ0v) is 20.4. The molecule has 1 aromatic heterocycles. The molecule has 34 heavy (non-hydrogen) atoms. The second-order valence-corrected chi connectivity index (χ2v) is 10.6. The largest absolute Gasteiger partial charge is 0.494 e. The van der Waals surface area contributed by atoms with Crippen LogP contribution in [0.5, 0.6) is 5.75 Å². The minimum absolute atomic E-state index is 0.214. The molecule has 0 bridgehead atoms. The number of halogens is 1. The Morgan fingerprint density at radius 3 is 2.59 bits per heavy atom. The number of H-pyrrole nitrogens is 1. The van der Waals surface area contributed by atoms with Gasteiger partial charge in [-0.2, -0.15) is 0 Å². The number of piperazine rings is 1. The van der Waals surface area contributed by atoms with Crippen molar-refractivity contribution < 1.29 is 17.5 Å². The summed E-state index contributed by atoms with van der Waals surface area (Å²) in [6, 6.07) is 11.2. The van der Waals surface area contributed by atoms with Gasteiger partial charge in [-0.3, -0.25) is 0 Å². The normalized spacial score (nSPS) is 15.7. The Balaban J connectivity index is 1.19. The van der Waals surface area contributed by atoms with Crippen molar-refractivity contribution in [3.63, 3.8) is 0 Å². The molecule has 4 rings (SSSR count). The van der Waals surface area contributed by atoms with E-state index in [0.717, 1.165) is 55.6 Å². The molecule has 0 aliphatic carbocycles. The van der Waals surface area contributed by atoms with Crippen LogP contribution < -0.4 is 9.46 Å². The van der Waals surface area contributed by atoms with Gasteiger partial charge >= 0.3 is 0 Å². The Morgan fingerprint density at radius 2 is 1.82 bits per heavy atom. The van der Waals surface area contributed by atoms with Crippen molar-refractivity contribution in [3.8, 4) is 5.75 Å². The first-order valence-corrected chi connectivity index (χ1v) is 13.3. The number of likely N-dealkylation sites (N-methyl/N-ethyl adjacent to an activating group) is 1. The van der Waals surface area contributed by atoms with Gasteiger partial charge in [0.1, 0.15) is 11.6 Å². The molecule has 2 N–H and O–H groups in total. The van der Waals surface area contributed by atoms with Gasteiger partial charge in [-0.25, -0.2) is 17.5 Å². The summed E-state index contributed by atoms with van der Waals surface area (Å²) in [5, 5.41) is 0.835. The monoisotopic (exact) mass is 488 g/mol. The van der Waals surface area contributed by atoms with Crippen LogP contribution in [0.25, 0.3) is 10.9 Å². The second kappa shape index (κ2) is 11.3. The maximum absolute atomic E-state index is 13.5. The van der Waals surface area contributed by atoms with Crippen LogP contribution in [0.2, 0.25) is 0 Å². The summed E-state index contributed by atoms with van der Waals surface area (Å²) in [6.07, 6.45) is 4.04. The van der Waals surface area contributed by atoms with E-state index in [2.05, 4.69) is 26.6 Å². The van der Waals surface area contributed by atoms with Crippen LogP contribution in [-0.4, -0.2) is 76.1 Å². The van der Waals surface area contributed by atoms with Crippen molar-refractivity contribution >= 4 is 20.9 Å². The zero-order valence-electron chi connectivity index (χ0n) is 19.6. The van der Waals surface area contributed by atoms with E-state index < -0.39 is 10.0 Å². The third kappa shape index (κ3) is 6.56. The summed E-state index contributed by atoms with van der Waals surface area (Å²) in [6.45, 7) is 6.31. The number of hydrogen-bond donors (Lipinski definition) is 2. The van der Waals surface area contributed by atoms with E-state index in [0.29, 0.717) is 31.7 Å². The standard InChI is InChI=1S/C25H33FN4O3S/c1-29-13-15-30(16-14-29)12-3-17-33-22-6-8-23(9-7-22)34(31,32)28-11-2-4-20-19-27-25-10-5-21(26)18-24(20)25/h5-10,18-19,27-28H,2-4,11-17H2,1H3. The Labute approximate surface area is 200 Å². The highest BCUT2D eigenvalue weighted by molar-refractivity contribution is 7.89. The third-order valence-corrected chi connectivity index (χ3v) is 7.74. The van der Waals surface area contributed by atoms with Crippen LogP contribution in [0.1, 0.15) is 18.4 Å². The van der Waals surface area contributed by atoms with Crippen molar-refractivity contribution in [2.45, 2.75) is 24.2 Å². The van der Waals surface area contributed by atoms with Crippen LogP contribution in [0.4, 0.5) is 4.39 Å². The SMILES string of the molecule is CN1CCN(CCCOc2ccc(S(=O)(=O)NCCCc3c[nH]c4ccc(F)cc34)cc2)CC1. The minimum atomic E-state index is -3.60. The highest BCUT2D eigenvalue weighted by atomic mass is 32.2. The lowest BCUT2D eigenvalue weighted by Crippen LogP contribution is -2.44. The first-order chi connectivity index (χ1) is 16.4. The van der Waals surface area contributed by atoms with Crippen molar-refractivity contribution in [1.82, 2.24) is 19.5 Å². The molecule has 3 aromatic rings. The lowest BCUT2D eigenvalue weighted by atomic mass is 10.1. The highest BCUT2D eigenvalue weighted by Crippen LogP contribution is 2.21. The maximum atomic E-state index is 13.5. The molecule has 0 saturated carbocycles. The summed E-state index contributed by atoms with van der Waals surface area (Å²) in [5.74, 6) is 0.389. The molecule has 2 aromatic carbocycles. The van der Waals surface area contributed by atoms with E-state index in [1.807, 2.05) is 6.20 Å². The van der Waals surface area contributed by atoms with Gasteiger partial charge in [-0.1, -0.05) is 0 Å². The van der Waals surface area contributed by atoms with Gasteiger partial charge in [0.2, 0.25) is 10.0 Å². The average Bonchev–Trinajstić information content (AvgIpc) is 3.23. The number of aromatic nitrogens is 1. The zero-order chi connectivity index (χ0) is 24.0. The minimum Gasteiger partial charge on any atom is -0.494 e. The van der Waals surface area contributed by atoms with E-state index in [1.54, 1.807) is 30.3 Å². The number of aromatic amines is 1. The molecule has 0 atom stereocenters. The van der Waals surface area contributed by atoms with E-state index in [-0.39, 0.29) is 10.7 Å². The van der Waals surface area contributed by atoms with Gasteiger partial charge in [0.25, 0.3) is 0 Å². The average molecular weight is 489 g/mol. The molecular formula is C25H33FN4O3S. The molecule has 1 fully saturated rings. The van der Waals surface area contributed by atoms with Crippen molar-refractivity contribution in [2.75, 3.05) is 52.9 Å². The van der Waals surface area contributed by atoms with Crippen LogP contribution in [0.15, 0.2) is 53.6 Å². The van der Waals surface area contributed by atoms with Crippen molar-refractivity contribution in [1.29, 1.82) is 0 Å². The Hall–Kier alpha value is -2.46. The van der Waals surface area contributed by atoms with E-state index in [9.17, 15) is 12.8 Å². The first kappa shape index (κ1) is 24.7. The van der Waals surface area contributed by atoms with Crippen molar-refractivity contribution in [2.24, 2.45) is 0 Å². The molecule has 1 saturated heterocycles. The lowest BCUT2D eigenvalue weighted by molar-refractivity contribution is 0.145. The molecular weight excluding hydrogens is 455 g/mol. The summed E-state index contributed by atoms with van der Waals surface area (Å²) >= 11 is 0. The molecule has 1 aliphatic rings. The van der Waals surface area contributed by atoms with Crippen LogP contribution >= 0.6 is 0 Å². The number of fused-ring (bicyclic) bond motifs is 1. The number of aryl methyl sites for hydroxylation is 1. The Kier molecular flexibility index (Phi) is 8.20. The molecule has 9 heteroatoms. The van der Waals surface area contributed by atoms with Crippen LogP contribution in [0.3, 0.4) is 0 Å². The fourth-order valence-corrected chi connectivity index (χ4v) is 5.26. The van der Waals surface area contributed by atoms with Gasteiger partial charge in [-0.15, -0.1) is 0 Å². The number of nitrogens with one attached hydrogen (secondary N) is 2.